The highest BCUT2D eigenvalue weighted by Gasteiger charge is 2.33. The van der Waals surface area contributed by atoms with Crippen LogP contribution in [-0.2, 0) is 9.53 Å². The van der Waals surface area contributed by atoms with Gasteiger partial charge in [-0.05, 0) is 31.0 Å². The fourth-order valence-corrected chi connectivity index (χ4v) is 2.09. The molecule has 4 nitrogen and oxygen atoms in total. The maximum absolute atomic E-state index is 11.7. The fraction of sp³-hybridized carbons (Fsp3) is 0.562. The van der Waals surface area contributed by atoms with Crippen molar-refractivity contribution in [1.82, 2.24) is 5.32 Å². The number of benzene rings is 1. The summed E-state index contributed by atoms with van der Waals surface area (Å²) in [5.74, 6) is 0.889. The summed E-state index contributed by atoms with van der Waals surface area (Å²) in [6.45, 7) is 8.74. The Morgan fingerprint density at radius 2 is 2.15 bits per heavy atom. The number of hydrogen-bond acceptors (Lipinski definition) is 3. The standard InChI is InChI=1S/C16H23NO3/c1-12-5-4-6-14(13(12)2)20-8-7-15(18)17-9-16(3)10-19-11-16/h4-6H,7-11H2,1-3H3,(H,17,18). The zero-order chi connectivity index (χ0) is 14.6. The Balaban J connectivity index is 1.70. The second-order valence-electron chi connectivity index (χ2n) is 5.88. The van der Waals surface area contributed by atoms with Gasteiger partial charge in [0, 0.05) is 12.0 Å². The van der Waals surface area contributed by atoms with Crippen molar-refractivity contribution in [2.45, 2.75) is 27.2 Å². The Hall–Kier alpha value is -1.55. The normalized spacial score (nSPS) is 16.4. The number of amides is 1. The van der Waals surface area contributed by atoms with Gasteiger partial charge in [0.1, 0.15) is 5.75 Å². The van der Waals surface area contributed by atoms with Crippen LogP contribution in [0.2, 0.25) is 0 Å². The molecule has 0 atom stereocenters. The Labute approximate surface area is 120 Å². The van der Waals surface area contributed by atoms with E-state index in [1.54, 1.807) is 0 Å². The van der Waals surface area contributed by atoms with Crippen molar-refractivity contribution in [2.24, 2.45) is 5.41 Å². The van der Waals surface area contributed by atoms with Gasteiger partial charge in [0.2, 0.25) is 5.91 Å². The molecule has 1 aromatic carbocycles. The lowest BCUT2D eigenvalue weighted by Crippen LogP contribution is -2.48. The van der Waals surface area contributed by atoms with Gasteiger partial charge in [0.05, 0.1) is 26.2 Å². The summed E-state index contributed by atoms with van der Waals surface area (Å²) >= 11 is 0. The van der Waals surface area contributed by atoms with E-state index >= 15 is 0 Å². The van der Waals surface area contributed by atoms with Crippen molar-refractivity contribution < 1.29 is 14.3 Å². The summed E-state index contributed by atoms with van der Waals surface area (Å²) < 4.78 is 10.8. The second kappa shape index (κ2) is 6.27. The van der Waals surface area contributed by atoms with E-state index in [0.29, 0.717) is 19.6 Å². The first-order valence-corrected chi connectivity index (χ1v) is 7.04. The highest BCUT2D eigenvalue weighted by atomic mass is 16.5. The summed E-state index contributed by atoms with van der Waals surface area (Å²) in [7, 11) is 0. The SMILES string of the molecule is Cc1cccc(OCCC(=O)NCC2(C)COC2)c1C. The van der Waals surface area contributed by atoms with E-state index < -0.39 is 0 Å². The van der Waals surface area contributed by atoms with Crippen LogP contribution < -0.4 is 10.1 Å². The Kier molecular flexibility index (Phi) is 4.65. The molecule has 4 heteroatoms. The van der Waals surface area contributed by atoms with Crippen LogP contribution in [-0.4, -0.2) is 32.3 Å². The summed E-state index contributed by atoms with van der Waals surface area (Å²) in [6.07, 6.45) is 0.379. The van der Waals surface area contributed by atoms with Crippen LogP contribution in [0.3, 0.4) is 0 Å². The van der Waals surface area contributed by atoms with Crippen LogP contribution >= 0.6 is 0 Å². The molecule has 1 aliphatic heterocycles. The molecule has 1 aromatic rings. The molecular weight excluding hydrogens is 254 g/mol. The van der Waals surface area contributed by atoms with E-state index in [4.69, 9.17) is 9.47 Å². The third kappa shape index (κ3) is 3.73. The molecule has 1 aliphatic rings. The van der Waals surface area contributed by atoms with Gasteiger partial charge in [-0.25, -0.2) is 0 Å². The first-order valence-electron chi connectivity index (χ1n) is 7.04. The van der Waals surface area contributed by atoms with Crippen molar-refractivity contribution in [1.29, 1.82) is 0 Å². The largest absolute Gasteiger partial charge is 0.493 e. The van der Waals surface area contributed by atoms with Gasteiger partial charge in [-0.1, -0.05) is 19.1 Å². The first kappa shape index (κ1) is 14.9. The van der Waals surface area contributed by atoms with E-state index in [1.165, 1.54) is 5.56 Å². The Bertz CT molecular complexity index is 481. The van der Waals surface area contributed by atoms with Crippen molar-refractivity contribution in [3.05, 3.63) is 29.3 Å². The minimum Gasteiger partial charge on any atom is -0.493 e. The lowest BCUT2D eigenvalue weighted by atomic mass is 9.89. The van der Waals surface area contributed by atoms with Crippen molar-refractivity contribution >= 4 is 5.91 Å². The maximum Gasteiger partial charge on any atom is 0.223 e. The van der Waals surface area contributed by atoms with Gasteiger partial charge in [-0.2, -0.15) is 0 Å². The predicted molar refractivity (Wildman–Crippen MR) is 78.0 cm³/mol. The molecular formula is C16H23NO3. The van der Waals surface area contributed by atoms with Gasteiger partial charge in [-0.15, -0.1) is 0 Å². The Morgan fingerprint density at radius 1 is 1.40 bits per heavy atom. The molecule has 1 saturated heterocycles. The van der Waals surface area contributed by atoms with Gasteiger partial charge >= 0.3 is 0 Å². The molecule has 2 rings (SSSR count). The van der Waals surface area contributed by atoms with Crippen molar-refractivity contribution in [3.63, 3.8) is 0 Å². The molecule has 0 bridgehead atoms. The predicted octanol–water partition coefficient (Wildman–Crippen LogP) is 2.23. The minimum atomic E-state index is 0.0310. The average molecular weight is 277 g/mol. The average Bonchev–Trinajstić information content (AvgIpc) is 2.39. The smallest absolute Gasteiger partial charge is 0.223 e. The number of rotatable bonds is 6. The second-order valence-corrected chi connectivity index (χ2v) is 5.88. The highest BCUT2D eigenvalue weighted by molar-refractivity contribution is 5.76. The van der Waals surface area contributed by atoms with Crippen LogP contribution in [0.4, 0.5) is 0 Å². The van der Waals surface area contributed by atoms with E-state index in [0.717, 1.165) is 24.5 Å². The quantitative estimate of drug-likeness (QED) is 0.867. The van der Waals surface area contributed by atoms with Gasteiger partial charge in [-0.3, -0.25) is 4.79 Å². The molecule has 0 unspecified atom stereocenters. The number of nitrogens with one attached hydrogen (secondary N) is 1. The summed E-state index contributed by atoms with van der Waals surface area (Å²) in [5.41, 5.74) is 2.45. The van der Waals surface area contributed by atoms with E-state index in [2.05, 4.69) is 25.2 Å². The fourth-order valence-electron chi connectivity index (χ4n) is 2.09. The minimum absolute atomic E-state index is 0.0310. The van der Waals surface area contributed by atoms with Crippen LogP contribution in [0.15, 0.2) is 18.2 Å². The molecule has 0 spiro atoms. The molecule has 0 radical (unpaired) electrons. The molecule has 1 fully saturated rings. The molecule has 0 saturated carbocycles. The van der Waals surface area contributed by atoms with Crippen LogP contribution in [0.1, 0.15) is 24.5 Å². The van der Waals surface area contributed by atoms with E-state index in [1.807, 2.05) is 19.1 Å². The molecule has 1 N–H and O–H groups in total. The third-order valence-corrected chi connectivity index (χ3v) is 3.76. The van der Waals surface area contributed by atoms with Gasteiger partial charge < -0.3 is 14.8 Å². The van der Waals surface area contributed by atoms with Crippen LogP contribution in [0.25, 0.3) is 0 Å². The molecule has 1 heterocycles. The third-order valence-electron chi connectivity index (χ3n) is 3.76. The summed E-state index contributed by atoms with van der Waals surface area (Å²) in [6, 6.07) is 5.96. The van der Waals surface area contributed by atoms with Crippen LogP contribution in [0, 0.1) is 19.3 Å². The molecule has 20 heavy (non-hydrogen) atoms. The number of aryl methyl sites for hydroxylation is 1. The number of hydrogen-bond donors (Lipinski definition) is 1. The molecule has 110 valence electrons. The van der Waals surface area contributed by atoms with Crippen molar-refractivity contribution in [3.8, 4) is 5.75 Å². The lowest BCUT2D eigenvalue weighted by molar-refractivity contribution is -0.127. The topological polar surface area (TPSA) is 47.6 Å². The molecule has 0 aliphatic carbocycles. The zero-order valence-corrected chi connectivity index (χ0v) is 12.5. The van der Waals surface area contributed by atoms with E-state index in [9.17, 15) is 4.79 Å². The summed E-state index contributed by atoms with van der Waals surface area (Å²) in [5, 5.41) is 2.94. The monoisotopic (exact) mass is 277 g/mol. The lowest BCUT2D eigenvalue weighted by Gasteiger charge is -2.38. The zero-order valence-electron chi connectivity index (χ0n) is 12.5. The van der Waals surface area contributed by atoms with Gasteiger partial charge in [0.25, 0.3) is 0 Å². The number of carbonyl (C=O) groups is 1. The molecule has 0 aromatic heterocycles. The maximum atomic E-state index is 11.7. The number of carbonyl (C=O) groups excluding carboxylic acids is 1. The van der Waals surface area contributed by atoms with Crippen molar-refractivity contribution in [2.75, 3.05) is 26.4 Å². The number of ether oxygens (including phenoxy) is 2. The summed E-state index contributed by atoms with van der Waals surface area (Å²) in [4.78, 5) is 11.7. The van der Waals surface area contributed by atoms with Gasteiger partial charge in [0.15, 0.2) is 0 Å². The first-order chi connectivity index (χ1) is 9.50. The molecule has 1 amide bonds. The highest BCUT2D eigenvalue weighted by Crippen LogP contribution is 2.25. The van der Waals surface area contributed by atoms with Crippen LogP contribution in [0.5, 0.6) is 5.75 Å². The Morgan fingerprint density at radius 3 is 2.80 bits per heavy atom. The van der Waals surface area contributed by atoms with E-state index in [-0.39, 0.29) is 11.3 Å².